The van der Waals surface area contributed by atoms with Crippen LogP contribution in [-0.4, -0.2) is 46.5 Å². The molecular formula is C19H28F3N3O2S. The fourth-order valence-corrected chi connectivity index (χ4v) is 4.12. The molecule has 1 fully saturated rings. The van der Waals surface area contributed by atoms with Gasteiger partial charge in [0.2, 0.25) is 0 Å². The Labute approximate surface area is 164 Å². The first kappa shape index (κ1) is 22.5. The van der Waals surface area contributed by atoms with Crippen molar-refractivity contribution in [1.82, 2.24) is 10.6 Å². The van der Waals surface area contributed by atoms with E-state index in [0.717, 1.165) is 44.4 Å². The highest BCUT2D eigenvalue weighted by Crippen LogP contribution is 2.41. The lowest BCUT2D eigenvalue weighted by Crippen LogP contribution is -2.47. The lowest BCUT2D eigenvalue weighted by atomic mass is 9.69. The van der Waals surface area contributed by atoms with E-state index in [1.807, 2.05) is 0 Å². The molecule has 2 N–H and O–H groups in total. The third kappa shape index (κ3) is 6.39. The third-order valence-corrected chi connectivity index (χ3v) is 6.14. The van der Waals surface area contributed by atoms with Crippen molar-refractivity contribution in [2.75, 3.05) is 32.1 Å². The van der Waals surface area contributed by atoms with E-state index in [-0.39, 0.29) is 12.3 Å². The molecule has 0 atom stereocenters. The first-order valence-corrected chi connectivity index (χ1v) is 11.4. The number of sulfone groups is 1. The minimum Gasteiger partial charge on any atom is -0.356 e. The van der Waals surface area contributed by atoms with Gasteiger partial charge in [-0.1, -0.05) is 37.5 Å². The van der Waals surface area contributed by atoms with Crippen molar-refractivity contribution >= 4 is 15.8 Å². The number of rotatable bonds is 6. The van der Waals surface area contributed by atoms with Gasteiger partial charge in [0.15, 0.2) is 5.96 Å². The molecule has 5 nitrogen and oxygen atoms in total. The largest absolute Gasteiger partial charge is 0.416 e. The summed E-state index contributed by atoms with van der Waals surface area (Å²) in [6.45, 7) is 0.655. The second kappa shape index (κ2) is 9.15. The molecule has 1 aromatic rings. The molecule has 1 aliphatic carbocycles. The summed E-state index contributed by atoms with van der Waals surface area (Å²) < 4.78 is 62.0. The van der Waals surface area contributed by atoms with E-state index >= 15 is 0 Å². The van der Waals surface area contributed by atoms with E-state index < -0.39 is 27.0 Å². The molecule has 1 aromatic carbocycles. The van der Waals surface area contributed by atoms with Gasteiger partial charge in [-0.2, -0.15) is 13.2 Å². The number of hydrogen-bond acceptors (Lipinski definition) is 3. The Morgan fingerprint density at radius 1 is 1.18 bits per heavy atom. The van der Waals surface area contributed by atoms with Gasteiger partial charge in [-0.3, -0.25) is 4.99 Å². The first-order valence-electron chi connectivity index (χ1n) is 9.36. The zero-order chi connectivity index (χ0) is 20.8. The highest BCUT2D eigenvalue weighted by atomic mass is 32.2. The first-order chi connectivity index (χ1) is 13.1. The van der Waals surface area contributed by atoms with Gasteiger partial charge in [0.1, 0.15) is 9.84 Å². The highest BCUT2D eigenvalue weighted by molar-refractivity contribution is 7.90. The lowest BCUT2D eigenvalue weighted by Gasteiger charge is -2.38. The number of hydrogen-bond donors (Lipinski definition) is 2. The van der Waals surface area contributed by atoms with Crippen LogP contribution in [0.4, 0.5) is 13.2 Å². The van der Waals surface area contributed by atoms with E-state index in [2.05, 4.69) is 15.6 Å². The van der Waals surface area contributed by atoms with Gasteiger partial charge < -0.3 is 10.6 Å². The van der Waals surface area contributed by atoms with Crippen molar-refractivity contribution in [3.63, 3.8) is 0 Å². The minimum atomic E-state index is -4.37. The van der Waals surface area contributed by atoms with Crippen LogP contribution in [0, 0.1) is 0 Å². The summed E-state index contributed by atoms with van der Waals surface area (Å²) in [5, 5.41) is 6.14. The smallest absolute Gasteiger partial charge is 0.356 e. The fourth-order valence-electron chi connectivity index (χ4n) is 3.65. The predicted molar refractivity (Wildman–Crippen MR) is 105 cm³/mol. The van der Waals surface area contributed by atoms with Crippen LogP contribution in [0.15, 0.2) is 29.3 Å². The van der Waals surface area contributed by atoms with Crippen LogP contribution in [0.3, 0.4) is 0 Å². The minimum absolute atomic E-state index is 0.0214. The highest BCUT2D eigenvalue weighted by Gasteiger charge is 2.37. The molecule has 9 heteroatoms. The number of benzene rings is 1. The van der Waals surface area contributed by atoms with Crippen molar-refractivity contribution in [2.45, 2.75) is 43.7 Å². The number of alkyl halides is 3. The molecular weight excluding hydrogens is 391 g/mol. The Morgan fingerprint density at radius 3 is 2.43 bits per heavy atom. The van der Waals surface area contributed by atoms with Crippen molar-refractivity contribution in [2.24, 2.45) is 4.99 Å². The summed E-state index contributed by atoms with van der Waals surface area (Å²) in [6, 6.07) is 5.59. The zero-order valence-corrected chi connectivity index (χ0v) is 17.1. The fraction of sp³-hybridized carbons (Fsp3) is 0.632. The molecule has 0 amide bonds. The monoisotopic (exact) mass is 419 g/mol. The third-order valence-electron chi connectivity index (χ3n) is 5.20. The summed E-state index contributed by atoms with van der Waals surface area (Å²) in [5.74, 6) is 0.424. The average molecular weight is 420 g/mol. The normalized spacial score (nSPS) is 18.0. The maximum absolute atomic E-state index is 13.2. The molecule has 158 valence electrons. The summed E-state index contributed by atoms with van der Waals surface area (Å²) >= 11 is 0. The summed E-state index contributed by atoms with van der Waals surface area (Å²) in [6.07, 6.45) is 1.36. The molecule has 0 aliphatic heterocycles. The topological polar surface area (TPSA) is 70.6 Å². The molecule has 2 rings (SSSR count). The van der Waals surface area contributed by atoms with Gasteiger partial charge in [0.25, 0.3) is 0 Å². The van der Waals surface area contributed by atoms with Crippen LogP contribution in [0.25, 0.3) is 0 Å². The van der Waals surface area contributed by atoms with E-state index in [1.54, 1.807) is 13.1 Å². The van der Waals surface area contributed by atoms with Crippen molar-refractivity contribution in [3.8, 4) is 0 Å². The second-order valence-electron chi connectivity index (χ2n) is 7.40. The molecule has 1 saturated carbocycles. The second-order valence-corrected chi connectivity index (χ2v) is 9.66. The Hall–Kier alpha value is -1.77. The Morgan fingerprint density at radius 2 is 1.86 bits per heavy atom. The number of halogens is 3. The quantitative estimate of drug-likeness (QED) is 0.549. The zero-order valence-electron chi connectivity index (χ0n) is 16.3. The summed E-state index contributed by atoms with van der Waals surface area (Å²) in [7, 11) is -1.51. The molecule has 0 saturated heterocycles. The Kier molecular flexibility index (Phi) is 7.36. The molecule has 0 unspecified atom stereocenters. The molecule has 28 heavy (non-hydrogen) atoms. The number of guanidine groups is 1. The Balaban J connectivity index is 2.15. The van der Waals surface area contributed by atoms with Crippen LogP contribution < -0.4 is 10.6 Å². The van der Waals surface area contributed by atoms with E-state index in [4.69, 9.17) is 0 Å². The van der Waals surface area contributed by atoms with Crippen molar-refractivity contribution < 1.29 is 21.6 Å². The van der Waals surface area contributed by atoms with Crippen molar-refractivity contribution in [1.29, 1.82) is 0 Å². The number of aliphatic imine (C=N–C) groups is 1. The van der Waals surface area contributed by atoms with Crippen LogP contribution >= 0.6 is 0 Å². The van der Waals surface area contributed by atoms with Gasteiger partial charge in [0.05, 0.1) is 11.3 Å². The van der Waals surface area contributed by atoms with Crippen molar-refractivity contribution in [3.05, 3.63) is 35.4 Å². The lowest BCUT2D eigenvalue weighted by molar-refractivity contribution is -0.137. The van der Waals surface area contributed by atoms with Crippen LogP contribution in [-0.2, 0) is 21.4 Å². The van der Waals surface area contributed by atoms with E-state index in [9.17, 15) is 21.6 Å². The van der Waals surface area contributed by atoms with E-state index in [1.165, 1.54) is 12.1 Å². The van der Waals surface area contributed by atoms with Gasteiger partial charge in [-0.15, -0.1) is 0 Å². The van der Waals surface area contributed by atoms with Gasteiger partial charge in [-0.25, -0.2) is 8.42 Å². The maximum Gasteiger partial charge on any atom is 0.416 e. The number of nitrogens with one attached hydrogen (secondary N) is 2. The summed E-state index contributed by atoms with van der Waals surface area (Å²) in [4.78, 5) is 4.09. The molecule has 0 radical (unpaired) electrons. The maximum atomic E-state index is 13.2. The van der Waals surface area contributed by atoms with Crippen LogP contribution in [0.1, 0.15) is 43.2 Å². The molecule has 0 aromatic heterocycles. The Bertz CT molecular complexity index is 786. The van der Waals surface area contributed by atoms with Crippen LogP contribution in [0.5, 0.6) is 0 Å². The molecule has 0 spiro atoms. The molecule has 1 aliphatic rings. The molecule has 0 heterocycles. The standard InChI is InChI=1S/C19H28F3N3O2S/c1-23-17(24-11-12-28(2,26)27)25-14-18(9-4-3-5-10-18)15-7-6-8-16(13-15)19(20,21)22/h6-8,13H,3-5,9-12,14H2,1-2H3,(H2,23,24,25). The average Bonchev–Trinajstić information content (AvgIpc) is 2.64. The number of nitrogens with zero attached hydrogens (tertiary/aromatic N) is 1. The van der Waals surface area contributed by atoms with Gasteiger partial charge >= 0.3 is 6.18 Å². The van der Waals surface area contributed by atoms with Gasteiger partial charge in [-0.05, 0) is 24.5 Å². The predicted octanol–water partition coefficient (Wildman–Crippen LogP) is 3.12. The van der Waals surface area contributed by atoms with Gasteiger partial charge in [0, 0.05) is 31.8 Å². The van der Waals surface area contributed by atoms with Crippen LogP contribution in [0.2, 0.25) is 0 Å². The SMILES string of the molecule is CN=C(NCCS(C)(=O)=O)NCC1(c2cccc(C(F)(F)F)c2)CCCCC1. The van der Waals surface area contributed by atoms with E-state index in [0.29, 0.717) is 18.1 Å². The summed E-state index contributed by atoms with van der Waals surface area (Å²) in [5.41, 5.74) is -0.361. The molecule has 0 bridgehead atoms.